The van der Waals surface area contributed by atoms with Gasteiger partial charge in [0.2, 0.25) is 0 Å². The second kappa shape index (κ2) is 6.30. The molecule has 1 N–H and O–H groups in total. The average molecular weight is 251 g/mol. The van der Waals surface area contributed by atoms with E-state index in [1.165, 1.54) is 12.0 Å². The molecule has 1 saturated heterocycles. The molecule has 0 aromatic heterocycles. The van der Waals surface area contributed by atoms with E-state index in [4.69, 9.17) is 4.74 Å². The average Bonchev–Trinajstić information content (AvgIpc) is 2.84. The van der Waals surface area contributed by atoms with Crippen LogP contribution < -0.4 is 5.32 Å². The van der Waals surface area contributed by atoms with Gasteiger partial charge < -0.3 is 10.1 Å². The van der Waals surface area contributed by atoms with E-state index < -0.39 is 0 Å². The van der Waals surface area contributed by atoms with Gasteiger partial charge in [-0.25, -0.2) is 4.39 Å². The Hall–Kier alpha value is -0.930. The van der Waals surface area contributed by atoms with Crippen molar-refractivity contribution in [2.45, 2.75) is 32.2 Å². The molecule has 3 heteroatoms. The van der Waals surface area contributed by atoms with E-state index in [0.29, 0.717) is 12.0 Å². The highest BCUT2D eigenvalue weighted by atomic mass is 19.1. The Bertz CT molecular complexity index is 388. The molecule has 1 aromatic rings. The first kappa shape index (κ1) is 13.5. The van der Waals surface area contributed by atoms with Gasteiger partial charge in [-0.15, -0.1) is 0 Å². The maximum atomic E-state index is 13.1. The van der Waals surface area contributed by atoms with Crippen molar-refractivity contribution in [3.05, 3.63) is 35.1 Å². The summed E-state index contributed by atoms with van der Waals surface area (Å²) in [5.74, 6) is 0.518. The molecule has 1 aliphatic rings. The highest BCUT2D eigenvalue weighted by molar-refractivity contribution is 5.27. The Kier molecular flexibility index (Phi) is 4.72. The van der Waals surface area contributed by atoms with Crippen LogP contribution in [-0.4, -0.2) is 26.3 Å². The first-order chi connectivity index (χ1) is 8.69. The Balaban J connectivity index is 1.96. The number of hydrogen-bond donors (Lipinski definition) is 1. The van der Waals surface area contributed by atoms with Crippen LogP contribution >= 0.6 is 0 Å². The number of rotatable bonds is 5. The molecule has 18 heavy (non-hydrogen) atoms. The van der Waals surface area contributed by atoms with Crippen molar-refractivity contribution in [1.82, 2.24) is 5.32 Å². The summed E-state index contributed by atoms with van der Waals surface area (Å²) in [5.41, 5.74) is 2.27. The van der Waals surface area contributed by atoms with Crippen LogP contribution in [0.4, 0.5) is 4.39 Å². The molecule has 0 radical (unpaired) electrons. The van der Waals surface area contributed by atoms with Gasteiger partial charge in [-0.1, -0.05) is 6.07 Å². The van der Waals surface area contributed by atoms with Gasteiger partial charge in [-0.05, 0) is 62.4 Å². The number of benzene rings is 1. The predicted molar refractivity (Wildman–Crippen MR) is 71.2 cm³/mol. The number of aryl methyl sites for hydroxylation is 1. The topological polar surface area (TPSA) is 21.3 Å². The lowest BCUT2D eigenvalue weighted by molar-refractivity contribution is 0.181. The molecular formula is C15H22FNO. The van der Waals surface area contributed by atoms with Gasteiger partial charge in [0.15, 0.2) is 0 Å². The molecule has 2 rings (SSSR count). The van der Waals surface area contributed by atoms with E-state index in [1.54, 1.807) is 12.1 Å². The molecule has 1 heterocycles. The Labute approximate surface area is 109 Å². The van der Waals surface area contributed by atoms with Gasteiger partial charge in [-0.2, -0.15) is 0 Å². The maximum Gasteiger partial charge on any atom is 0.123 e. The zero-order chi connectivity index (χ0) is 13.0. The van der Waals surface area contributed by atoms with Crippen molar-refractivity contribution >= 4 is 0 Å². The summed E-state index contributed by atoms with van der Waals surface area (Å²) in [4.78, 5) is 0. The fourth-order valence-electron chi connectivity index (χ4n) is 2.63. The van der Waals surface area contributed by atoms with Gasteiger partial charge in [0.05, 0.1) is 0 Å². The lowest BCUT2D eigenvalue weighted by Crippen LogP contribution is -2.30. The van der Waals surface area contributed by atoms with Crippen molar-refractivity contribution in [2.75, 3.05) is 20.3 Å². The molecule has 2 nitrogen and oxygen atoms in total. The van der Waals surface area contributed by atoms with Crippen LogP contribution in [0.5, 0.6) is 0 Å². The molecule has 100 valence electrons. The molecule has 0 aliphatic carbocycles. The SMILES string of the molecule is CNC(Cc1ccc(F)cc1C)CC1CCOC1. The molecule has 0 bridgehead atoms. The molecular weight excluding hydrogens is 229 g/mol. The minimum Gasteiger partial charge on any atom is -0.381 e. The third-order valence-electron chi connectivity index (χ3n) is 3.82. The molecule has 1 fully saturated rings. The summed E-state index contributed by atoms with van der Waals surface area (Å²) in [6.07, 6.45) is 3.26. The predicted octanol–water partition coefficient (Wildman–Crippen LogP) is 2.69. The van der Waals surface area contributed by atoms with Crippen LogP contribution in [0.2, 0.25) is 0 Å². The summed E-state index contributed by atoms with van der Waals surface area (Å²) >= 11 is 0. The van der Waals surface area contributed by atoms with Crippen LogP contribution in [0.3, 0.4) is 0 Å². The second-order valence-corrected chi connectivity index (χ2v) is 5.23. The van der Waals surface area contributed by atoms with E-state index in [1.807, 2.05) is 20.0 Å². The quantitative estimate of drug-likeness (QED) is 0.868. The standard InChI is InChI=1S/C15H22FNO/c1-11-7-14(16)4-3-13(11)9-15(17-2)8-12-5-6-18-10-12/h3-4,7,12,15,17H,5-6,8-10H2,1-2H3. The van der Waals surface area contributed by atoms with Crippen molar-refractivity contribution in [1.29, 1.82) is 0 Å². The van der Waals surface area contributed by atoms with E-state index >= 15 is 0 Å². The third kappa shape index (κ3) is 3.53. The van der Waals surface area contributed by atoms with E-state index in [2.05, 4.69) is 5.32 Å². The number of hydrogen-bond acceptors (Lipinski definition) is 2. The van der Waals surface area contributed by atoms with Crippen LogP contribution in [0.1, 0.15) is 24.0 Å². The zero-order valence-electron chi connectivity index (χ0n) is 11.2. The minimum atomic E-state index is -0.151. The van der Waals surface area contributed by atoms with E-state index in [0.717, 1.165) is 31.6 Å². The molecule has 1 aromatic carbocycles. The van der Waals surface area contributed by atoms with Gasteiger partial charge in [0, 0.05) is 19.3 Å². The molecule has 2 atom stereocenters. The van der Waals surface area contributed by atoms with Gasteiger partial charge >= 0.3 is 0 Å². The van der Waals surface area contributed by atoms with Crippen LogP contribution in [0.15, 0.2) is 18.2 Å². The Morgan fingerprint density at radius 2 is 2.33 bits per heavy atom. The summed E-state index contributed by atoms with van der Waals surface area (Å²) in [7, 11) is 2.00. The van der Waals surface area contributed by atoms with Crippen LogP contribution in [0, 0.1) is 18.7 Å². The van der Waals surface area contributed by atoms with Gasteiger partial charge in [0.1, 0.15) is 5.82 Å². The number of halogens is 1. The Morgan fingerprint density at radius 1 is 1.50 bits per heavy atom. The molecule has 1 aliphatic heterocycles. The highest BCUT2D eigenvalue weighted by Gasteiger charge is 2.20. The van der Waals surface area contributed by atoms with Crippen LogP contribution in [-0.2, 0) is 11.2 Å². The third-order valence-corrected chi connectivity index (χ3v) is 3.82. The summed E-state index contributed by atoms with van der Waals surface area (Å²) in [5, 5.41) is 3.37. The zero-order valence-corrected chi connectivity index (χ0v) is 11.2. The van der Waals surface area contributed by atoms with Crippen molar-refractivity contribution < 1.29 is 9.13 Å². The van der Waals surface area contributed by atoms with E-state index in [9.17, 15) is 4.39 Å². The van der Waals surface area contributed by atoms with E-state index in [-0.39, 0.29) is 5.82 Å². The smallest absolute Gasteiger partial charge is 0.123 e. The fourth-order valence-corrected chi connectivity index (χ4v) is 2.63. The number of ether oxygens (including phenoxy) is 1. The highest BCUT2D eigenvalue weighted by Crippen LogP contribution is 2.21. The monoisotopic (exact) mass is 251 g/mol. The molecule has 0 amide bonds. The first-order valence-corrected chi connectivity index (χ1v) is 6.69. The lowest BCUT2D eigenvalue weighted by atomic mass is 9.93. The Morgan fingerprint density at radius 3 is 2.94 bits per heavy atom. The maximum absolute atomic E-state index is 13.1. The number of likely N-dealkylation sites (N-methyl/N-ethyl adjacent to an activating group) is 1. The van der Waals surface area contributed by atoms with Gasteiger partial charge in [-0.3, -0.25) is 0 Å². The summed E-state index contributed by atoms with van der Waals surface area (Å²) in [6, 6.07) is 5.51. The lowest BCUT2D eigenvalue weighted by Gasteiger charge is -2.20. The first-order valence-electron chi connectivity index (χ1n) is 6.69. The molecule has 2 unspecified atom stereocenters. The normalized spacial score (nSPS) is 21.2. The summed E-state index contributed by atoms with van der Waals surface area (Å²) < 4.78 is 18.5. The fraction of sp³-hybridized carbons (Fsp3) is 0.600. The minimum absolute atomic E-state index is 0.151. The van der Waals surface area contributed by atoms with Crippen molar-refractivity contribution in [3.63, 3.8) is 0 Å². The van der Waals surface area contributed by atoms with Crippen molar-refractivity contribution in [2.24, 2.45) is 5.92 Å². The molecule has 0 saturated carbocycles. The molecule has 0 spiro atoms. The number of nitrogens with one attached hydrogen (secondary N) is 1. The largest absolute Gasteiger partial charge is 0.381 e. The second-order valence-electron chi connectivity index (χ2n) is 5.23. The van der Waals surface area contributed by atoms with Crippen molar-refractivity contribution in [3.8, 4) is 0 Å². The van der Waals surface area contributed by atoms with Gasteiger partial charge in [0.25, 0.3) is 0 Å². The summed E-state index contributed by atoms with van der Waals surface area (Å²) in [6.45, 7) is 3.76. The van der Waals surface area contributed by atoms with Crippen LogP contribution in [0.25, 0.3) is 0 Å².